The number of benzene rings is 3. The lowest BCUT2D eigenvalue weighted by Gasteiger charge is -2.52. The molecular weight excluding hydrogens is 1040 g/mol. The molecule has 4 amide bonds. The number of rotatable bonds is 9. The number of fused-ring (bicyclic) bond motifs is 6. The first-order valence-corrected chi connectivity index (χ1v) is 23.3. The lowest BCUT2D eigenvalue weighted by atomic mass is 9.82. The number of carbonyl (C=O) groups is 5. The molecule has 410 valence electrons. The van der Waals surface area contributed by atoms with Gasteiger partial charge in [-0.25, -0.2) is 26.3 Å². The molecule has 3 aromatic carbocycles. The summed E-state index contributed by atoms with van der Waals surface area (Å²) < 4.78 is 134. The smallest absolute Gasteiger partial charge is 0.446 e. The highest BCUT2D eigenvalue weighted by atomic mass is 19.4. The van der Waals surface area contributed by atoms with Crippen LogP contribution in [-0.4, -0.2) is 112 Å². The highest BCUT2D eigenvalue weighted by Gasteiger charge is 2.52. The number of nitrogens with zero attached hydrogens (tertiary/aromatic N) is 4. The molecule has 0 saturated carbocycles. The zero-order valence-corrected chi connectivity index (χ0v) is 41.2. The van der Waals surface area contributed by atoms with Gasteiger partial charge in [0.2, 0.25) is 17.1 Å². The maximum Gasteiger partial charge on any atom is 0.446 e. The van der Waals surface area contributed by atoms with Crippen molar-refractivity contribution >= 4 is 29.9 Å². The van der Waals surface area contributed by atoms with Crippen molar-refractivity contribution in [2.24, 2.45) is 0 Å². The second kappa shape index (κ2) is 22.3. The fourth-order valence-corrected chi connectivity index (χ4v) is 9.30. The van der Waals surface area contributed by atoms with Crippen LogP contribution < -0.4 is 26.2 Å². The Labute approximate surface area is 430 Å². The van der Waals surface area contributed by atoms with Gasteiger partial charge >= 0.3 is 6.18 Å². The predicted octanol–water partition coefficient (Wildman–Crippen LogP) is 6.03. The summed E-state index contributed by atoms with van der Waals surface area (Å²) in [5.41, 5.74) is -4.89. The third-order valence-corrected chi connectivity index (χ3v) is 14.0. The Balaban J connectivity index is 0.000000205. The largest absolute Gasteiger partial charge is 0.503 e. The highest BCUT2D eigenvalue weighted by molar-refractivity contribution is 6.00. The third-order valence-electron chi connectivity index (χ3n) is 14.0. The molecule has 77 heavy (non-hydrogen) atoms. The van der Waals surface area contributed by atoms with Crippen molar-refractivity contribution in [1.82, 2.24) is 29.6 Å². The van der Waals surface area contributed by atoms with E-state index in [1.165, 1.54) is 20.2 Å². The molecule has 2 aromatic heterocycles. The van der Waals surface area contributed by atoms with Gasteiger partial charge in [-0.05, 0) is 32.3 Å². The number of halogens is 9. The van der Waals surface area contributed by atoms with Gasteiger partial charge in [-0.1, -0.05) is 30.3 Å². The quantitative estimate of drug-likeness (QED) is 0.115. The number of alkyl halides is 3. The molecule has 4 aliphatic rings. The summed E-state index contributed by atoms with van der Waals surface area (Å²) in [5.74, 6) is -11.1. The molecule has 5 aromatic rings. The normalized spacial score (nSPS) is 20.4. The number of nitrogens with one attached hydrogen (secondary N) is 2. The number of pyridine rings is 2. The number of hydrogen-bond donors (Lipinski definition) is 3. The van der Waals surface area contributed by atoms with Gasteiger partial charge in [-0.15, -0.1) is 0 Å². The van der Waals surface area contributed by atoms with E-state index in [0.717, 1.165) is 11.8 Å². The summed E-state index contributed by atoms with van der Waals surface area (Å²) >= 11 is 0. The van der Waals surface area contributed by atoms with E-state index < -0.39 is 141 Å². The number of ether oxygens (including phenoxy) is 3. The maximum atomic E-state index is 14.1. The number of carbonyl (C=O) groups excluding carboxylic acids is 5. The van der Waals surface area contributed by atoms with Gasteiger partial charge < -0.3 is 48.9 Å². The maximum absolute atomic E-state index is 14.1. The monoisotopic (exact) mass is 1090 g/mol. The average Bonchev–Trinajstić information content (AvgIpc) is 3.37. The van der Waals surface area contributed by atoms with Crippen LogP contribution >= 0.6 is 0 Å². The van der Waals surface area contributed by atoms with Gasteiger partial charge in [-0.3, -0.25) is 33.6 Å². The number of likely N-dealkylation sites (N-methyl/N-ethyl adjacent to an activating group) is 2. The standard InChI is InChI=1S/C28H26F3N3O5.C21H20F3N3O5.C2HF3O/c1-28-8-9-38-15-22(28)34-13-19(26(36)32-12-18-20(30)10-17(29)11-21(18)31)24(35)25(23(34)27(37)33(28)2)39-14-16-6-4-3-5-7-16;1-21-3-4-32-9-15(21)27-8-12(17(28)18(29)16(27)20(31)26(21)2)19(30)25-7-11-13(23)5-10(22)6-14(11)24;3-2(4,5)1-6/h3-7,10-11,13,22H,8-9,12,14-15H2,1-2H3,(H,32,36);5-6,8,15,29H,3-4,7,9H2,1-2H3,(H,25,30);1H/t22-,28+;15-,21+;/m00./s1. The van der Waals surface area contributed by atoms with Crippen molar-refractivity contribution in [3.8, 4) is 11.5 Å². The van der Waals surface area contributed by atoms with E-state index in [1.807, 2.05) is 19.9 Å². The molecule has 2 saturated heterocycles. The lowest BCUT2D eigenvalue weighted by molar-refractivity contribution is -0.156. The summed E-state index contributed by atoms with van der Waals surface area (Å²) in [7, 11) is 3.22. The minimum atomic E-state index is -4.64. The van der Waals surface area contributed by atoms with Gasteiger partial charge in [-0.2, -0.15) is 13.2 Å². The topological polar surface area (TPSA) is 208 Å². The molecule has 0 aliphatic carbocycles. The van der Waals surface area contributed by atoms with Gasteiger partial charge in [0, 0.05) is 88.2 Å². The van der Waals surface area contributed by atoms with Crippen molar-refractivity contribution in [2.45, 2.75) is 75.7 Å². The van der Waals surface area contributed by atoms with Crippen molar-refractivity contribution in [3.05, 3.63) is 162 Å². The molecule has 17 nitrogen and oxygen atoms in total. The Morgan fingerprint density at radius 3 is 1.53 bits per heavy atom. The molecular formula is C51H47F9N6O11. The second-order valence-corrected chi connectivity index (χ2v) is 18.6. The van der Waals surface area contributed by atoms with E-state index in [2.05, 4.69) is 10.6 Å². The van der Waals surface area contributed by atoms with E-state index in [1.54, 1.807) is 43.3 Å². The Kier molecular flexibility index (Phi) is 16.4. The first-order valence-electron chi connectivity index (χ1n) is 23.3. The molecule has 0 spiro atoms. The Hall–Kier alpha value is -8.00. The van der Waals surface area contributed by atoms with Crippen LogP contribution in [0.3, 0.4) is 0 Å². The van der Waals surface area contributed by atoms with Crippen LogP contribution in [0.5, 0.6) is 11.5 Å². The first kappa shape index (κ1) is 56.7. The van der Waals surface area contributed by atoms with E-state index in [9.17, 15) is 73.4 Å². The van der Waals surface area contributed by atoms with Crippen molar-refractivity contribution < 1.29 is 82.8 Å². The summed E-state index contributed by atoms with van der Waals surface area (Å²) in [6.07, 6.45) is -2.27. The zero-order chi connectivity index (χ0) is 56.5. The molecule has 2 fully saturated rings. The van der Waals surface area contributed by atoms with Crippen LogP contribution in [0.25, 0.3) is 0 Å². The third kappa shape index (κ3) is 11.3. The summed E-state index contributed by atoms with van der Waals surface area (Å²) in [6.45, 7) is 3.64. The number of hydrogen-bond acceptors (Lipinski definition) is 11. The Bertz CT molecular complexity index is 3240. The minimum Gasteiger partial charge on any atom is -0.503 e. The molecule has 4 aliphatic heterocycles. The Morgan fingerprint density at radius 1 is 0.701 bits per heavy atom. The molecule has 3 N–H and O–H groups in total. The van der Waals surface area contributed by atoms with E-state index in [0.29, 0.717) is 50.3 Å². The molecule has 0 unspecified atom stereocenters. The van der Waals surface area contributed by atoms with Crippen molar-refractivity contribution in [2.75, 3.05) is 40.5 Å². The average molecular weight is 1090 g/mol. The van der Waals surface area contributed by atoms with E-state index in [4.69, 9.17) is 19.0 Å². The fraction of sp³-hybridized carbons (Fsp3) is 0.353. The van der Waals surface area contributed by atoms with Gasteiger partial charge in [0.15, 0.2) is 22.9 Å². The van der Waals surface area contributed by atoms with Crippen LogP contribution in [0.2, 0.25) is 0 Å². The lowest BCUT2D eigenvalue weighted by Crippen LogP contribution is -2.61. The minimum absolute atomic E-state index is 0.0152. The van der Waals surface area contributed by atoms with Gasteiger partial charge in [0.25, 0.3) is 23.6 Å². The number of aromatic nitrogens is 2. The van der Waals surface area contributed by atoms with E-state index in [-0.39, 0.29) is 42.5 Å². The van der Waals surface area contributed by atoms with Crippen LogP contribution in [0, 0.1) is 34.9 Å². The molecule has 0 bridgehead atoms. The van der Waals surface area contributed by atoms with Crippen LogP contribution in [0.4, 0.5) is 39.5 Å². The predicted molar refractivity (Wildman–Crippen MR) is 251 cm³/mol. The summed E-state index contributed by atoms with van der Waals surface area (Å²) in [5, 5.41) is 15.0. The highest BCUT2D eigenvalue weighted by Crippen LogP contribution is 2.43. The molecule has 9 rings (SSSR count). The number of aldehydes is 1. The van der Waals surface area contributed by atoms with Crippen LogP contribution in [-0.2, 0) is 34.0 Å². The van der Waals surface area contributed by atoms with E-state index >= 15 is 0 Å². The fourth-order valence-electron chi connectivity index (χ4n) is 9.30. The Morgan fingerprint density at radius 2 is 1.10 bits per heavy atom. The molecule has 0 radical (unpaired) electrons. The van der Waals surface area contributed by atoms with Crippen molar-refractivity contribution in [1.29, 1.82) is 0 Å². The van der Waals surface area contributed by atoms with Crippen molar-refractivity contribution in [3.63, 3.8) is 0 Å². The molecule has 6 heterocycles. The SMILES string of the molecule is CN1C(=O)c2c(O)c(=O)c(C(=O)NCc3c(F)cc(F)cc3F)cn2[C@H]2COCC[C@]21C.CN1C(=O)c2c(OCc3ccccc3)c(=O)c(C(=O)NCc3c(F)cc(F)cc3F)cn2[C@H]2COCC[C@]21C.O=CC(F)(F)F. The van der Waals surface area contributed by atoms with Crippen LogP contribution in [0.15, 0.2) is 76.6 Å². The summed E-state index contributed by atoms with van der Waals surface area (Å²) in [6, 6.07) is 9.98. The van der Waals surface area contributed by atoms with Gasteiger partial charge in [0.05, 0.1) is 36.4 Å². The van der Waals surface area contributed by atoms with Gasteiger partial charge in [0.1, 0.15) is 52.6 Å². The second-order valence-electron chi connectivity index (χ2n) is 18.6. The number of aromatic hydroxyl groups is 1. The summed E-state index contributed by atoms with van der Waals surface area (Å²) in [4.78, 5) is 90.3. The number of amides is 4. The molecule has 4 atom stereocenters. The zero-order valence-electron chi connectivity index (χ0n) is 41.2. The van der Waals surface area contributed by atoms with Crippen LogP contribution in [0.1, 0.15) is 97.2 Å². The molecule has 26 heteroatoms. The first-order chi connectivity index (χ1) is 36.2.